The highest BCUT2D eigenvalue weighted by molar-refractivity contribution is 9.10. The van der Waals surface area contributed by atoms with E-state index >= 15 is 0 Å². The molecule has 0 heterocycles. The van der Waals surface area contributed by atoms with Gasteiger partial charge >= 0.3 is 6.36 Å². The van der Waals surface area contributed by atoms with Crippen molar-refractivity contribution in [2.24, 2.45) is 0 Å². The van der Waals surface area contributed by atoms with Crippen LogP contribution in [0.15, 0.2) is 53.0 Å². The second-order valence-corrected chi connectivity index (χ2v) is 5.12. The molecule has 0 aliphatic heterocycles. The Morgan fingerprint density at radius 3 is 2.48 bits per heavy atom. The van der Waals surface area contributed by atoms with Gasteiger partial charge in [0.15, 0.2) is 5.78 Å². The van der Waals surface area contributed by atoms with E-state index in [0.717, 1.165) is 22.2 Å². The highest BCUT2D eigenvalue weighted by atomic mass is 79.9. The highest BCUT2D eigenvalue weighted by Gasteiger charge is 2.31. The molecule has 0 saturated heterocycles. The van der Waals surface area contributed by atoms with Gasteiger partial charge in [0.05, 0.1) is 0 Å². The van der Waals surface area contributed by atoms with E-state index in [-0.39, 0.29) is 17.8 Å². The van der Waals surface area contributed by atoms with Gasteiger partial charge in [0.1, 0.15) is 5.75 Å². The van der Waals surface area contributed by atoms with Crippen molar-refractivity contribution in [3.05, 3.63) is 64.1 Å². The maximum Gasteiger partial charge on any atom is 0.573 e. The molecule has 2 nitrogen and oxygen atoms in total. The highest BCUT2D eigenvalue weighted by Crippen LogP contribution is 2.24. The predicted octanol–water partition coefficient (Wildman–Crippen LogP) is 4.77. The Morgan fingerprint density at radius 2 is 1.81 bits per heavy atom. The van der Waals surface area contributed by atoms with Crippen molar-refractivity contribution in [3.8, 4) is 5.75 Å². The second kappa shape index (κ2) is 6.30. The molecule has 0 radical (unpaired) electrons. The first-order valence-corrected chi connectivity index (χ1v) is 6.77. The summed E-state index contributed by atoms with van der Waals surface area (Å²) in [5.74, 6) is -0.685. The van der Waals surface area contributed by atoms with Crippen molar-refractivity contribution < 1.29 is 22.7 Å². The predicted molar refractivity (Wildman–Crippen MR) is 75.3 cm³/mol. The third kappa shape index (κ3) is 4.60. The summed E-state index contributed by atoms with van der Waals surface area (Å²) in [5.41, 5.74) is 0.942. The van der Waals surface area contributed by atoms with E-state index in [1.807, 2.05) is 6.07 Å². The van der Waals surface area contributed by atoms with Gasteiger partial charge in [-0.2, -0.15) is 0 Å². The number of benzene rings is 2. The molecule has 0 aliphatic carbocycles. The first-order chi connectivity index (χ1) is 9.85. The molecule has 110 valence electrons. The molecule has 0 bridgehead atoms. The Balaban J connectivity index is 2.16. The smallest absolute Gasteiger partial charge is 0.406 e. The molecule has 2 rings (SSSR count). The lowest BCUT2D eigenvalue weighted by molar-refractivity contribution is -0.274. The topological polar surface area (TPSA) is 26.3 Å². The van der Waals surface area contributed by atoms with Crippen LogP contribution in [0.25, 0.3) is 0 Å². The number of carbonyl (C=O) groups excluding carboxylic acids is 1. The van der Waals surface area contributed by atoms with Crippen molar-refractivity contribution in [3.63, 3.8) is 0 Å². The molecular formula is C15H10BrF3O2. The quantitative estimate of drug-likeness (QED) is 0.735. The van der Waals surface area contributed by atoms with Crippen molar-refractivity contribution in [2.45, 2.75) is 12.8 Å². The molecule has 0 atom stereocenters. The third-order valence-electron chi connectivity index (χ3n) is 2.70. The summed E-state index contributed by atoms with van der Waals surface area (Å²) in [7, 11) is 0. The first kappa shape index (κ1) is 15.6. The van der Waals surface area contributed by atoms with Gasteiger partial charge in [0.2, 0.25) is 0 Å². The molecule has 6 heteroatoms. The molecule has 0 amide bonds. The van der Waals surface area contributed by atoms with Gasteiger partial charge in [0.25, 0.3) is 0 Å². The number of hydrogen-bond donors (Lipinski definition) is 0. The van der Waals surface area contributed by atoms with Gasteiger partial charge < -0.3 is 4.74 Å². The Bertz CT molecular complexity index is 653. The van der Waals surface area contributed by atoms with E-state index in [4.69, 9.17) is 0 Å². The van der Waals surface area contributed by atoms with Gasteiger partial charge in [0, 0.05) is 16.5 Å². The number of alkyl halides is 3. The average molecular weight is 359 g/mol. The molecule has 0 unspecified atom stereocenters. The molecule has 0 fully saturated rings. The van der Waals surface area contributed by atoms with Crippen LogP contribution in [0.1, 0.15) is 15.9 Å². The maximum absolute atomic E-state index is 12.2. The third-order valence-corrected chi connectivity index (χ3v) is 3.47. The number of Topliss-reactive ketones (excluding diaryl/α,β-unsaturated/α-hetero) is 1. The zero-order chi connectivity index (χ0) is 15.5. The van der Waals surface area contributed by atoms with Crippen LogP contribution in [-0.2, 0) is 6.42 Å². The summed E-state index contributed by atoms with van der Waals surface area (Å²) in [6, 6.07) is 12.2. The molecule has 0 N–H and O–H groups in total. The summed E-state index contributed by atoms with van der Waals surface area (Å²) in [5, 5.41) is 0. The maximum atomic E-state index is 12.2. The van der Waals surface area contributed by atoms with E-state index in [2.05, 4.69) is 20.7 Å². The SMILES string of the molecule is O=C(Cc1ccccc1Br)c1cccc(OC(F)(F)F)c1. The summed E-state index contributed by atoms with van der Waals surface area (Å²) < 4.78 is 41.1. The fourth-order valence-corrected chi connectivity index (χ4v) is 2.21. The van der Waals surface area contributed by atoms with Crippen LogP contribution >= 0.6 is 15.9 Å². The molecule has 0 aromatic heterocycles. The number of ketones is 1. The van der Waals surface area contributed by atoms with E-state index in [1.165, 1.54) is 12.1 Å². The average Bonchev–Trinajstić information content (AvgIpc) is 2.39. The summed E-state index contributed by atoms with van der Waals surface area (Å²) in [4.78, 5) is 12.1. The summed E-state index contributed by atoms with van der Waals surface area (Å²) in [6.45, 7) is 0. The molecule has 2 aromatic rings. The zero-order valence-corrected chi connectivity index (χ0v) is 12.2. The minimum Gasteiger partial charge on any atom is -0.406 e. The van der Waals surface area contributed by atoms with Crippen LogP contribution in [0.4, 0.5) is 13.2 Å². The number of ether oxygens (including phenoxy) is 1. The van der Waals surface area contributed by atoms with Gasteiger partial charge in [-0.3, -0.25) is 4.79 Å². The Kier molecular flexibility index (Phi) is 4.67. The lowest BCUT2D eigenvalue weighted by Gasteiger charge is -2.10. The Labute approximate surface area is 127 Å². The van der Waals surface area contributed by atoms with E-state index in [9.17, 15) is 18.0 Å². The largest absolute Gasteiger partial charge is 0.573 e. The second-order valence-electron chi connectivity index (χ2n) is 4.27. The first-order valence-electron chi connectivity index (χ1n) is 5.97. The van der Waals surface area contributed by atoms with Crippen molar-refractivity contribution >= 4 is 21.7 Å². The fraction of sp³-hybridized carbons (Fsp3) is 0.133. The molecule has 2 aromatic carbocycles. The van der Waals surface area contributed by atoms with Crippen LogP contribution in [0.2, 0.25) is 0 Å². The van der Waals surface area contributed by atoms with Crippen molar-refractivity contribution in [2.75, 3.05) is 0 Å². The lowest BCUT2D eigenvalue weighted by atomic mass is 10.0. The van der Waals surface area contributed by atoms with Gasteiger partial charge in [-0.25, -0.2) is 0 Å². The van der Waals surface area contributed by atoms with Crippen LogP contribution in [0.5, 0.6) is 5.75 Å². The van der Waals surface area contributed by atoms with E-state index in [0.29, 0.717) is 0 Å². The van der Waals surface area contributed by atoms with Crippen LogP contribution in [0, 0.1) is 0 Å². The Hall–Kier alpha value is -1.82. The molecule has 21 heavy (non-hydrogen) atoms. The fourth-order valence-electron chi connectivity index (χ4n) is 1.78. The van der Waals surface area contributed by atoms with Crippen molar-refractivity contribution in [1.82, 2.24) is 0 Å². The molecule has 0 spiro atoms. The number of rotatable bonds is 4. The molecule has 0 aliphatic rings. The lowest BCUT2D eigenvalue weighted by Crippen LogP contribution is -2.17. The van der Waals surface area contributed by atoms with Gasteiger partial charge in [-0.1, -0.05) is 46.3 Å². The minimum atomic E-state index is -4.77. The van der Waals surface area contributed by atoms with E-state index in [1.54, 1.807) is 18.2 Å². The normalized spacial score (nSPS) is 11.2. The van der Waals surface area contributed by atoms with Crippen molar-refractivity contribution in [1.29, 1.82) is 0 Å². The minimum absolute atomic E-state index is 0.0941. The van der Waals surface area contributed by atoms with Gasteiger partial charge in [-0.15, -0.1) is 13.2 Å². The molecule has 0 saturated carbocycles. The zero-order valence-electron chi connectivity index (χ0n) is 10.7. The standard InChI is InChI=1S/C15H10BrF3O2/c16-13-7-2-1-4-10(13)9-14(20)11-5-3-6-12(8-11)21-15(17,18)19/h1-8H,9H2. The summed E-state index contributed by atoms with van der Waals surface area (Å²) in [6.07, 6.45) is -4.68. The Morgan fingerprint density at radius 1 is 1.10 bits per heavy atom. The monoisotopic (exact) mass is 358 g/mol. The summed E-state index contributed by atoms with van der Waals surface area (Å²) >= 11 is 3.33. The van der Waals surface area contributed by atoms with Crippen LogP contribution in [0.3, 0.4) is 0 Å². The number of halogens is 4. The number of hydrogen-bond acceptors (Lipinski definition) is 2. The van der Waals surface area contributed by atoms with Crippen LogP contribution < -0.4 is 4.74 Å². The van der Waals surface area contributed by atoms with E-state index < -0.39 is 12.1 Å². The molecular weight excluding hydrogens is 349 g/mol. The van der Waals surface area contributed by atoms with Gasteiger partial charge in [-0.05, 0) is 23.8 Å². The van der Waals surface area contributed by atoms with Crippen LogP contribution in [-0.4, -0.2) is 12.1 Å². The number of carbonyl (C=O) groups is 1.